The van der Waals surface area contributed by atoms with E-state index in [1.807, 2.05) is 0 Å². The van der Waals surface area contributed by atoms with Crippen LogP contribution in [0.3, 0.4) is 0 Å². The van der Waals surface area contributed by atoms with Gasteiger partial charge >= 0.3 is 5.97 Å². The van der Waals surface area contributed by atoms with Crippen LogP contribution in [0.1, 0.15) is 15.9 Å². The average molecular weight is 353 g/mol. The van der Waals surface area contributed by atoms with Crippen molar-refractivity contribution in [2.45, 2.75) is 6.54 Å². The first kappa shape index (κ1) is 17.7. The molecule has 1 heterocycles. The third kappa shape index (κ3) is 4.20. The fourth-order valence-corrected chi connectivity index (χ4v) is 2.13. The number of H-pyrrole nitrogens is 1. The summed E-state index contributed by atoms with van der Waals surface area (Å²) >= 11 is 5.90. The summed E-state index contributed by atoms with van der Waals surface area (Å²) in [5.74, 6) is -2.01. The number of ether oxygens (including phenoxy) is 1. The van der Waals surface area contributed by atoms with E-state index in [1.54, 1.807) is 0 Å². The molecule has 24 heavy (non-hydrogen) atoms. The van der Waals surface area contributed by atoms with Gasteiger partial charge < -0.3 is 14.6 Å². The molecule has 8 heteroatoms. The van der Waals surface area contributed by atoms with Crippen LogP contribution in [0.25, 0.3) is 0 Å². The number of halogens is 2. The summed E-state index contributed by atoms with van der Waals surface area (Å²) < 4.78 is 18.5. The maximum Gasteiger partial charge on any atom is 0.344 e. The molecule has 0 unspecified atom stereocenters. The third-order valence-electron chi connectivity index (χ3n) is 3.25. The number of carbonyl (C=O) groups is 2. The molecule has 126 valence electrons. The topological polar surface area (TPSA) is 79.5 Å². The van der Waals surface area contributed by atoms with E-state index in [-0.39, 0.29) is 22.7 Å². The van der Waals surface area contributed by atoms with Gasteiger partial charge in [-0.05, 0) is 24.3 Å². The van der Waals surface area contributed by atoms with Crippen molar-refractivity contribution in [3.63, 3.8) is 0 Å². The Morgan fingerprint density at radius 1 is 1.29 bits per heavy atom. The summed E-state index contributed by atoms with van der Waals surface area (Å²) in [6.07, 6.45) is 1.37. The predicted molar refractivity (Wildman–Crippen MR) is 85.2 cm³/mol. The van der Waals surface area contributed by atoms with Crippen LogP contribution in [0.5, 0.6) is 0 Å². The second-order valence-electron chi connectivity index (χ2n) is 4.94. The molecular formula is C16H14ClFN2O4. The van der Waals surface area contributed by atoms with Crippen LogP contribution in [0, 0.1) is 5.82 Å². The van der Waals surface area contributed by atoms with Crippen molar-refractivity contribution in [3.8, 4) is 0 Å². The zero-order valence-electron chi connectivity index (χ0n) is 12.7. The molecule has 1 aromatic heterocycles. The van der Waals surface area contributed by atoms with Crippen molar-refractivity contribution in [2.75, 3.05) is 13.7 Å². The normalized spacial score (nSPS) is 10.3. The number of hydrogen-bond donors (Lipinski definition) is 1. The molecule has 1 N–H and O–H groups in total. The monoisotopic (exact) mass is 352 g/mol. The standard InChI is InChI=1S/C16H14ClFN2O4/c1-20(8-11-12(17)5-2-6-13(11)18)14(21)9-24-16(23)10-4-3-7-19-15(10)22/h2-7H,8-9H2,1H3,(H,19,22). The first-order valence-electron chi connectivity index (χ1n) is 6.92. The SMILES string of the molecule is CN(Cc1c(F)cccc1Cl)C(=O)COC(=O)c1ccc[nH]c1=O. The van der Waals surface area contributed by atoms with Gasteiger partial charge in [0.1, 0.15) is 11.4 Å². The molecule has 0 saturated heterocycles. The van der Waals surface area contributed by atoms with Crippen molar-refractivity contribution in [1.29, 1.82) is 0 Å². The molecule has 0 bridgehead atoms. The maximum absolute atomic E-state index is 13.7. The number of pyridine rings is 1. The van der Waals surface area contributed by atoms with E-state index in [1.165, 1.54) is 48.5 Å². The summed E-state index contributed by atoms with van der Waals surface area (Å²) in [5.41, 5.74) is -0.646. The minimum absolute atomic E-state index is 0.0756. The molecule has 2 rings (SSSR count). The van der Waals surface area contributed by atoms with Gasteiger partial charge in [0.2, 0.25) is 0 Å². The highest BCUT2D eigenvalue weighted by Crippen LogP contribution is 2.20. The third-order valence-corrected chi connectivity index (χ3v) is 3.60. The van der Waals surface area contributed by atoms with Gasteiger partial charge in [-0.15, -0.1) is 0 Å². The van der Waals surface area contributed by atoms with Gasteiger partial charge in [0, 0.05) is 30.4 Å². The minimum atomic E-state index is -0.914. The van der Waals surface area contributed by atoms with Gasteiger partial charge in [0.15, 0.2) is 6.61 Å². The summed E-state index contributed by atoms with van der Waals surface area (Å²) in [6, 6.07) is 6.96. The van der Waals surface area contributed by atoms with Crippen molar-refractivity contribution >= 4 is 23.5 Å². The number of rotatable bonds is 5. The van der Waals surface area contributed by atoms with Crippen molar-refractivity contribution in [2.24, 2.45) is 0 Å². The lowest BCUT2D eigenvalue weighted by Gasteiger charge is -2.18. The largest absolute Gasteiger partial charge is 0.452 e. The Bertz CT molecular complexity index is 801. The molecule has 0 aliphatic carbocycles. The molecule has 1 amide bonds. The summed E-state index contributed by atoms with van der Waals surface area (Å²) in [6.45, 7) is -0.649. The number of aromatic nitrogens is 1. The number of nitrogens with one attached hydrogen (secondary N) is 1. The number of aromatic amines is 1. The van der Waals surface area contributed by atoms with Crippen LogP contribution in [0.15, 0.2) is 41.3 Å². The van der Waals surface area contributed by atoms with Gasteiger partial charge in [-0.1, -0.05) is 17.7 Å². The van der Waals surface area contributed by atoms with Gasteiger partial charge in [0.25, 0.3) is 11.5 Å². The predicted octanol–water partition coefficient (Wildman–Crippen LogP) is 1.98. The minimum Gasteiger partial charge on any atom is -0.452 e. The number of esters is 1. The van der Waals surface area contributed by atoms with Crippen LogP contribution < -0.4 is 5.56 Å². The molecule has 0 aliphatic heterocycles. The number of carbonyl (C=O) groups excluding carboxylic acids is 2. The Labute approximate surface area is 141 Å². The lowest BCUT2D eigenvalue weighted by molar-refractivity contribution is -0.133. The maximum atomic E-state index is 13.7. The Kier molecular flexibility index (Phi) is 5.70. The van der Waals surface area contributed by atoms with E-state index in [4.69, 9.17) is 16.3 Å². The first-order valence-corrected chi connectivity index (χ1v) is 7.29. The molecule has 6 nitrogen and oxygen atoms in total. The van der Waals surface area contributed by atoms with Gasteiger partial charge in [-0.2, -0.15) is 0 Å². The zero-order valence-corrected chi connectivity index (χ0v) is 13.5. The molecule has 0 spiro atoms. The highest BCUT2D eigenvalue weighted by atomic mass is 35.5. The Morgan fingerprint density at radius 2 is 2.04 bits per heavy atom. The van der Waals surface area contributed by atoms with Gasteiger partial charge in [0.05, 0.1) is 0 Å². The molecule has 0 radical (unpaired) electrons. The quantitative estimate of drug-likeness (QED) is 0.834. The fraction of sp³-hybridized carbons (Fsp3) is 0.188. The van der Waals surface area contributed by atoms with Crippen molar-refractivity contribution < 1.29 is 18.7 Å². The van der Waals surface area contributed by atoms with Crippen LogP contribution >= 0.6 is 11.6 Å². The highest BCUT2D eigenvalue weighted by Gasteiger charge is 2.17. The summed E-state index contributed by atoms with van der Waals surface area (Å²) in [5, 5.41) is 0.197. The molecule has 2 aromatic rings. The van der Waals surface area contributed by atoms with E-state index in [2.05, 4.69) is 4.98 Å². The fourth-order valence-electron chi connectivity index (χ4n) is 1.91. The highest BCUT2D eigenvalue weighted by molar-refractivity contribution is 6.31. The number of nitrogens with zero attached hydrogens (tertiary/aromatic N) is 1. The molecule has 0 atom stereocenters. The Hall–Kier alpha value is -2.67. The molecule has 0 aliphatic rings. The van der Waals surface area contributed by atoms with E-state index < -0.39 is 29.9 Å². The van der Waals surface area contributed by atoms with E-state index in [9.17, 15) is 18.8 Å². The lowest BCUT2D eigenvalue weighted by atomic mass is 10.2. The van der Waals surface area contributed by atoms with E-state index >= 15 is 0 Å². The lowest BCUT2D eigenvalue weighted by Crippen LogP contribution is -2.32. The number of amides is 1. The van der Waals surface area contributed by atoms with Crippen LogP contribution in [0.2, 0.25) is 5.02 Å². The number of hydrogen-bond acceptors (Lipinski definition) is 4. The van der Waals surface area contributed by atoms with Crippen LogP contribution in [-0.2, 0) is 16.1 Å². The second kappa shape index (κ2) is 7.74. The van der Waals surface area contributed by atoms with Crippen LogP contribution in [0.4, 0.5) is 4.39 Å². The van der Waals surface area contributed by atoms with Gasteiger partial charge in [-0.25, -0.2) is 9.18 Å². The summed E-state index contributed by atoms with van der Waals surface area (Å²) in [7, 11) is 1.42. The first-order chi connectivity index (χ1) is 11.4. The van der Waals surface area contributed by atoms with Crippen LogP contribution in [-0.4, -0.2) is 35.4 Å². The Balaban J connectivity index is 1.96. The number of benzene rings is 1. The summed E-state index contributed by atoms with van der Waals surface area (Å²) in [4.78, 5) is 38.7. The second-order valence-corrected chi connectivity index (χ2v) is 5.35. The average Bonchev–Trinajstić information content (AvgIpc) is 2.56. The van der Waals surface area contributed by atoms with E-state index in [0.717, 1.165) is 0 Å². The molecule has 0 fully saturated rings. The van der Waals surface area contributed by atoms with E-state index in [0.29, 0.717) is 0 Å². The number of likely N-dealkylation sites (N-methyl/N-ethyl adjacent to an activating group) is 1. The molecule has 1 aromatic carbocycles. The van der Waals surface area contributed by atoms with Gasteiger partial charge in [-0.3, -0.25) is 9.59 Å². The van der Waals surface area contributed by atoms with Crippen molar-refractivity contribution in [1.82, 2.24) is 9.88 Å². The van der Waals surface area contributed by atoms with Crippen molar-refractivity contribution in [3.05, 3.63) is 68.8 Å². The zero-order chi connectivity index (χ0) is 17.7. The Morgan fingerprint density at radius 3 is 2.71 bits per heavy atom. The molecular weight excluding hydrogens is 339 g/mol. The smallest absolute Gasteiger partial charge is 0.344 e. The molecule has 0 saturated carbocycles.